The van der Waals surface area contributed by atoms with Gasteiger partial charge in [0.25, 0.3) is 0 Å². The van der Waals surface area contributed by atoms with E-state index in [1.807, 2.05) is 0 Å². The number of ether oxygens (including phenoxy) is 1. The summed E-state index contributed by atoms with van der Waals surface area (Å²) < 4.78 is 6.11. The smallest absolute Gasteiger partial charge is 0.0608 e. The van der Waals surface area contributed by atoms with Gasteiger partial charge in [-0.15, -0.1) is 0 Å². The van der Waals surface area contributed by atoms with Gasteiger partial charge in [0, 0.05) is 6.04 Å². The van der Waals surface area contributed by atoms with Gasteiger partial charge in [0.2, 0.25) is 0 Å². The van der Waals surface area contributed by atoms with Gasteiger partial charge in [-0.2, -0.15) is 0 Å². The summed E-state index contributed by atoms with van der Waals surface area (Å²) in [5, 5.41) is 3.48. The average molecular weight is 211 g/mol. The van der Waals surface area contributed by atoms with Crippen LogP contribution in [0.15, 0.2) is 0 Å². The summed E-state index contributed by atoms with van der Waals surface area (Å²) in [6, 6.07) is 0.738. The van der Waals surface area contributed by atoms with Gasteiger partial charge in [-0.25, -0.2) is 0 Å². The van der Waals surface area contributed by atoms with Crippen molar-refractivity contribution in [3.05, 3.63) is 0 Å². The Hall–Kier alpha value is -0.0800. The predicted molar refractivity (Wildman–Crippen MR) is 63.0 cm³/mol. The Morgan fingerprint density at radius 1 is 1.07 bits per heavy atom. The highest BCUT2D eigenvalue weighted by atomic mass is 16.5. The molecule has 0 saturated heterocycles. The van der Waals surface area contributed by atoms with Crippen molar-refractivity contribution in [1.82, 2.24) is 5.32 Å². The maximum atomic E-state index is 6.11. The molecule has 1 N–H and O–H groups in total. The van der Waals surface area contributed by atoms with Gasteiger partial charge in [-0.3, -0.25) is 0 Å². The van der Waals surface area contributed by atoms with Crippen molar-refractivity contribution in [3.8, 4) is 0 Å². The number of rotatable bonds is 4. The standard InChI is InChI=1S/C13H25NO/c1-3-14-11-8-13(9-11)15-12-6-4-10(2)5-7-12/h10-14H,3-9H2,1-2H3. The summed E-state index contributed by atoms with van der Waals surface area (Å²) in [4.78, 5) is 0. The zero-order valence-electron chi connectivity index (χ0n) is 10.2. The van der Waals surface area contributed by atoms with Crippen LogP contribution >= 0.6 is 0 Å². The van der Waals surface area contributed by atoms with Gasteiger partial charge in [-0.05, 0) is 51.0 Å². The van der Waals surface area contributed by atoms with Gasteiger partial charge < -0.3 is 10.1 Å². The molecule has 0 amide bonds. The minimum atomic E-state index is 0.562. The molecule has 2 fully saturated rings. The second kappa shape index (κ2) is 5.31. The van der Waals surface area contributed by atoms with E-state index >= 15 is 0 Å². The van der Waals surface area contributed by atoms with Crippen molar-refractivity contribution >= 4 is 0 Å². The van der Waals surface area contributed by atoms with Crippen LogP contribution < -0.4 is 5.32 Å². The zero-order valence-corrected chi connectivity index (χ0v) is 10.2. The van der Waals surface area contributed by atoms with E-state index in [-0.39, 0.29) is 0 Å². The number of nitrogens with one attached hydrogen (secondary N) is 1. The Bertz CT molecular complexity index is 181. The van der Waals surface area contributed by atoms with E-state index in [0.29, 0.717) is 12.2 Å². The Balaban J connectivity index is 1.59. The molecule has 0 aromatic rings. The Kier molecular flexibility index (Phi) is 4.04. The van der Waals surface area contributed by atoms with Crippen molar-refractivity contribution in [2.75, 3.05) is 6.54 Å². The van der Waals surface area contributed by atoms with Crippen LogP contribution in [0.1, 0.15) is 52.4 Å². The van der Waals surface area contributed by atoms with Crippen LogP contribution in [0, 0.1) is 5.92 Å². The molecular formula is C13H25NO. The maximum Gasteiger partial charge on any atom is 0.0608 e. The molecule has 2 aliphatic rings. The molecule has 0 aliphatic heterocycles. The number of hydrogen-bond donors (Lipinski definition) is 1. The van der Waals surface area contributed by atoms with Crippen LogP contribution in [0.25, 0.3) is 0 Å². The highest BCUT2D eigenvalue weighted by Crippen LogP contribution is 2.31. The zero-order chi connectivity index (χ0) is 10.7. The molecule has 0 spiro atoms. The highest BCUT2D eigenvalue weighted by Gasteiger charge is 2.31. The Labute approximate surface area is 93.8 Å². The topological polar surface area (TPSA) is 21.3 Å². The molecule has 2 saturated carbocycles. The van der Waals surface area contributed by atoms with E-state index < -0.39 is 0 Å². The normalized spacial score (nSPS) is 41.2. The molecule has 0 aromatic carbocycles. The van der Waals surface area contributed by atoms with E-state index in [4.69, 9.17) is 4.74 Å². The fourth-order valence-electron chi connectivity index (χ4n) is 2.77. The molecule has 0 radical (unpaired) electrons. The van der Waals surface area contributed by atoms with E-state index in [9.17, 15) is 0 Å². The molecular weight excluding hydrogens is 186 g/mol. The first-order valence-corrected chi connectivity index (χ1v) is 6.66. The van der Waals surface area contributed by atoms with E-state index in [2.05, 4.69) is 19.2 Å². The Morgan fingerprint density at radius 2 is 1.73 bits per heavy atom. The molecule has 0 atom stereocenters. The average Bonchev–Trinajstić information content (AvgIpc) is 2.18. The van der Waals surface area contributed by atoms with Crippen LogP contribution in [0.4, 0.5) is 0 Å². The summed E-state index contributed by atoms with van der Waals surface area (Å²) in [5.41, 5.74) is 0. The van der Waals surface area contributed by atoms with E-state index in [0.717, 1.165) is 18.5 Å². The minimum Gasteiger partial charge on any atom is -0.375 e. The summed E-state index contributed by atoms with van der Waals surface area (Å²) in [5.74, 6) is 0.931. The minimum absolute atomic E-state index is 0.562. The summed E-state index contributed by atoms with van der Waals surface area (Å²) >= 11 is 0. The predicted octanol–water partition coefficient (Wildman–Crippen LogP) is 2.72. The summed E-state index contributed by atoms with van der Waals surface area (Å²) in [6.45, 7) is 5.63. The first kappa shape index (κ1) is 11.4. The van der Waals surface area contributed by atoms with Gasteiger partial charge in [0.1, 0.15) is 0 Å². The first-order chi connectivity index (χ1) is 7.28. The quantitative estimate of drug-likeness (QED) is 0.772. The van der Waals surface area contributed by atoms with Crippen molar-refractivity contribution in [3.63, 3.8) is 0 Å². The van der Waals surface area contributed by atoms with Crippen LogP contribution in [-0.4, -0.2) is 24.8 Å². The highest BCUT2D eigenvalue weighted by molar-refractivity contribution is 4.87. The lowest BCUT2D eigenvalue weighted by atomic mass is 9.86. The first-order valence-electron chi connectivity index (χ1n) is 6.66. The third kappa shape index (κ3) is 3.18. The molecule has 0 bridgehead atoms. The second-order valence-electron chi connectivity index (χ2n) is 5.37. The fraction of sp³-hybridized carbons (Fsp3) is 1.00. The van der Waals surface area contributed by atoms with E-state index in [1.165, 1.54) is 38.5 Å². The molecule has 0 heterocycles. The molecule has 0 aromatic heterocycles. The second-order valence-corrected chi connectivity index (χ2v) is 5.37. The number of hydrogen-bond acceptors (Lipinski definition) is 2. The van der Waals surface area contributed by atoms with Gasteiger partial charge in [0.05, 0.1) is 12.2 Å². The molecule has 0 unspecified atom stereocenters. The molecule has 2 heteroatoms. The fourth-order valence-corrected chi connectivity index (χ4v) is 2.77. The molecule has 2 aliphatic carbocycles. The summed E-state index contributed by atoms with van der Waals surface area (Å²) in [7, 11) is 0. The van der Waals surface area contributed by atoms with Gasteiger partial charge in [-0.1, -0.05) is 13.8 Å². The lowest BCUT2D eigenvalue weighted by Gasteiger charge is -2.39. The van der Waals surface area contributed by atoms with Crippen LogP contribution in [0.3, 0.4) is 0 Å². The van der Waals surface area contributed by atoms with Crippen molar-refractivity contribution in [2.45, 2.75) is 70.6 Å². The molecule has 2 rings (SSSR count). The molecule has 88 valence electrons. The lowest BCUT2D eigenvalue weighted by Crippen LogP contribution is -2.46. The molecule has 2 nitrogen and oxygen atoms in total. The maximum absolute atomic E-state index is 6.11. The lowest BCUT2D eigenvalue weighted by molar-refractivity contribution is -0.0799. The van der Waals surface area contributed by atoms with E-state index in [1.54, 1.807) is 0 Å². The summed E-state index contributed by atoms with van der Waals surface area (Å²) in [6.07, 6.45) is 8.94. The van der Waals surface area contributed by atoms with Gasteiger partial charge in [0.15, 0.2) is 0 Å². The largest absolute Gasteiger partial charge is 0.375 e. The van der Waals surface area contributed by atoms with Crippen molar-refractivity contribution in [1.29, 1.82) is 0 Å². The molecule has 15 heavy (non-hydrogen) atoms. The van der Waals surface area contributed by atoms with Crippen molar-refractivity contribution in [2.24, 2.45) is 5.92 Å². The van der Waals surface area contributed by atoms with Crippen LogP contribution in [0.5, 0.6) is 0 Å². The van der Waals surface area contributed by atoms with Crippen molar-refractivity contribution < 1.29 is 4.74 Å². The van der Waals surface area contributed by atoms with Gasteiger partial charge >= 0.3 is 0 Å². The Morgan fingerprint density at radius 3 is 2.33 bits per heavy atom. The third-order valence-electron chi connectivity index (χ3n) is 3.94. The SMILES string of the molecule is CCNC1CC(OC2CCC(C)CC2)C1. The van der Waals surface area contributed by atoms with Crippen LogP contribution in [-0.2, 0) is 4.74 Å². The van der Waals surface area contributed by atoms with Crippen LogP contribution in [0.2, 0.25) is 0 Å². The monoisotopic (exact) mass is 211 g/mol. The third-order valence-corrected chi connectivity index (χ3v) is 3.94.